The van der Waals surface area contributed by atoms with E-state index in [-0.39, 0.29) is 30.7 Å². The number of hydrogen-bond donors (Lipinski definition) is 2. The largest absolute Gasteiger partial charge is 0.507 e. The highest BCUT2D eigenvalue weighted by Gasteiger charge is 2.18. The molecule has 4 heteroatoms. The van der Waals surface area contributed by atoms with Gasteiger partial charge in [0.1, 0.15) is 5.75 Å². The molecule has 4 nitrogen and oxygen atoms in total. The molecule has 0 spiro atoms. The van der Waals surface area contributed by atoms with E-state index in [1.807, 2.05) is 0 Å². The van der Waals surface area contributed by atoms with Gasteiger partial charge in [0.25, 0.3) is 0 Å². The van der Waals surface area contributed by atoms with Gasteiger partial charge in [-0.05, 0) is 19.1 Å². The Hall–Kier alpha value is -1.39. The highest BCUT2D eigenvalue weighted by Crippen LogP contribution is 2.19. The second-order valence-corrected chi connectivity index (χ2v) is 4.17. The topological polar surface area (TPSA) is 66.8 Å². The van der Waals surface area contributed by atoms with Crippen molar-refractivity contribution in [3.05, 3.63) is 29.8 Å². The summed E-state index contributed by atoms with van der Waals surface area (Å²) in [6.07, 6.45) is -0.539. The van der Waals surface area contributed by atoms with Crippen LogP contribution in [0.5, 0.6) is 5.75 Å². The summed E-state index contributed by atoms with van der Waals surface area (Å²) in [6.45, 7) is 3.79. The van der Waals surface area contributed by atoms with E-state index in [2.05, 4.69) is 0 Å². The van der Waals surface area contributed by atoms with E-state index in [4.69, 9.17) is 9.84 Å². The number of carbonyl (C=O) groups excluding carboxylic acids is 1. The Labute approximate surface area is 101 Å². The minimum absolute atomic E-state index is 0.0140. The third kappa shape index (κ3) is 4.17. The Bertz CT molecular complexity index is 373. The molecule has 2 atom stereocenters. The Morgan fingerprint density at radius 2 is 1.94 bits per heavy atom. The predicted molar refractivity (Wildman–Crippen MR) is 64.1 cm³/mol. The molecule has 0 aromatic heterocycles. The molecule has 0 radical (unpaired) electrons. The van der Waals surface area contributed by atoms with Crippen LogP contribution in [-0.4, -0.2) is 35.3 Å². The number of para-hydroxylation sites is 1. The Morgan fingerprint density at radius 1 is 1.29 bits per heavy atom. The maximum atomic E-state index is 11.9. The number of hydrogen-bond acceptors (Lipinski definition) is 4. The number of aromatic hydroxyl groups is 1. The minimum atomic E-state index is -0.539. The number of phenolic OH excluding ortho intramolecular Hbond substituents is 1. The van der Waals surface area contributed by atoms with Crippen LogP contribution in [-0.2, 0) is 4.74 Å². The first kappa shape index (κ1) is 13.7. The van der Waals surface area contributed by atoms with Gasteiger partial charge in [0.15, 0.2) is 5.78 Å². The number of ether oxygens (including phenoxy) is 1. The maximum absolute atomic E-state index is 11.9. The summed E-state index contributed by atoms with van der Waals surface area (Å²) in [5, 5.41) is 18.6. The Kier molecular flexibility index (Phi) is 5.12. The normalized spacial score (nSPS) is 14.3. The first-order valence-corrected chi connectivity index (χ1v) is 5.60. The van der Waals surface area contributed by atoms with Crippen LogP contribution in [0, 0.1) is 5.92 Å². The summed E-state index contributed by atoms with van der Waals surface area (Å²) in [6, 6.07) is 6.44. The average Bonchev–Trinajstić information content (AvgIpc) is 2.28. The molecule has 0 amide bonds. The van der Waals surface area contributed by atoms with Gasteiger partial charge in [-0.2, -0.15) is 0 Å². The monoisotopic (exact) mass is 238 g/mol. The second kappa shape index (κ2) is 6.37. The zero-order valence-corrected chi connectivity index (χ0v) is 10.1. The van der Waals surface area contributed by atoms with E-state index in [0.717, 1.165) is 0 Å². The number of benzene rings is 1. The number of aliphatic hydroxyl groups is 1. The highest BCUT2D eigenvalue weighted by atomic mass is 16.5. The number of ketones is 1. The quantitative estimate of drug-likeness (QED) is 0.739. The van der Waals surface area contributed by atoms with Gasteiger partial charge in [-0.15, -0.1) is 0 Å². The molecule has 17 heavy (non-hydrogen) atoms. The third-order valence-corrected chi connectivity index (χ3v) is 2.34. The molecule has 2 N–H and O–H groups in total. The highest BCUT2D eigenvalue weighted by molar-refractivity contribution is 6.00. The fourth-order valence-electron chi connectivity index (χ4n) is 1.44. The van der Waals surface area contributed by atoms with E-state index in [1.54, 1.807) is 32.0 Å². The molecule has 0 aliphatic rings. The summed E-state index contributed by atoms with van der Waals surface area (Å²) >= 11 is 0. The number of phenols is 1. The lowest BCUT2D eigenvalue weighted by atomic mass is 9.99. The van der Waals surface area contributed by atoms with Crippen LogP contribution in [0.25, 0.3) is 0 Å². The molecule has 0 bridgehead atoms. The molecule has 0 heterocycles. The standard InChI is InChI=1S/C13H18O4/c1-9(7-17-8-10(2)14)13(16)11-5-3-4-6-12(11)15/h3-6,9-10,14-15H,7-8H2,1-2H3. The van der Waals surface area contributed by atoms with Crippen LogP contribution in [0.4, 0.5) is 0 Å². The minimum Gasteiger partial charge on any atom is -0.507 e. The van der Waals surface area contributed by atoms with Gasteiger partial charge in [-0.25, -0.2) is 0 Å². The molecule has 94 valence electrons. The van der Waals surface area contributed by atoms with E-state index in [0.29, 0.717) is 5.56 Å². The fourth-order valence-corrected chi connectivity index (χ4v) is 1.44. The van der Waals surface area contributed by atoms with Gasteiger partial charge in [-0.3, -0.25) is 4.79 Å². The van der Waals surface area contributed by atoms with Crippen LogP contribution in [0.2, 0.25) is 0 Å². The van der Waals surface area contributed by atoms with Crippen molar-refractivity contribution in [3.8, 4) is 5.75 Å². The smallest absolute Gasteiger partial charge is 0.171 e. The Morgan fingerprint density at radius 3 is 2.53 bits per heavy atom. The average molecular weight is 238 g/mol. The Balaban J connectivity index is 2.55. The van der Waals surface area contributed by atoms with E-state index < -0.39 is 6.10 Å². The lowest BCUT2D eigenvalue weighted by Gasteiger charge is -2.12. The lowest BCUT2D eigenvalue weighted by Crippen LogP contribution is -2.20. The number of rotatable bonds is 6. The summed E-state index contributed by atoms with van der Waals surface area (Å²) in [5.74, 6) is -0.518. The van der Waals surface area contributed by atoms with E-state index in [1.165, 1.54) is 6.07 Å². The van der Waals surface area contributed by atoms with Crippen molar-refractivity contribution in [2.45, 2.75) is 20.0 Å². The summed E-state index contributed by atoms with van der Waals surface area (Å²) in [5.41, 5.74) is 0.306. The SMILES string of the molecule is CC(O)COCC(C)C(=O)c1ccccc1O. The van der Waals surface area contributed by atoms with Crippen LogP contribution < -0.4 is 0 Å². The van der Waals surface area contributed by atoms with Gasteiger partial charge >= 0.3 is 0 Å². The first-order chi connectivity index (χ1) is 8.02. The van der Waals surface area contributed by atoms with Crippen molar-refractivity contribution < 1.29 is 19.7 Å². The zero-order chi connectivity index (χ0) is 12.8. The summed E-state index contributed by atoms with van der Waals surface area (Å²) in [4.78, 5) is 11.9. The van der Waals surface area contributed by atoms with Crippen molar-refractivity contribution in [2.75, 3.05) is 13.2 Å². The summed E-state index contributed by atoms with van der Waals surface area (Å²) < 4.78 is 5.19. The molecule has 0 saturated carbocycles. The van der Waals surface area contributed by atoms with Gasteiger partial charge in [0.05, 0.1) is 24.9 Å². The molecular weight excluding hydrogens is 220 g/mol. The fraction of sp³-hybridized carbons (Fsp3) is 0.462. The molecule has 0 fully saturated rings. The van der Waals surface area contributed by atoms with Crippen LogP contribution in [0.3, 0.4) is 0 Å². The predicted octanol–water partition coefficient (Wildman–Crippen LogP) is 1.61. The number of carbonyl (C=O) groups is 1. The van der Waals surface area contributed by atoms with Crippen LogP contribution >= 0.6 is 0 Å². The molecule has 0 aliphatic heterocycles. The number of aliphatic hydroxyl groups excluding tert-OH is 1. The second-order valence-electron chi connectivity index (χ2n) is 4.17. The molecule has 1 aromatic carbocycles. The van der Waals surface area contributed by atoms with Gasteiger partial charge in [-0.1, -0.05) is 19.1 Å². The van der Waals surface area contributed by atoms with Crippen molar-refractivity contribution in [1.29, 1.82) is 0 Å². The van der Waals surface area contributed by atoms with Crippen molar-refractivity contribution >= 4 is 5.78 Å². The van der Waals surface area contributed by atoms with Crippen LogP contribution in [0.1, 0.15) is 24.2 Å². The first-order valence-electron chi connectivity index (χ1n) is 5.60. The van der Waals surface area contributed by atoms with Gasteiger partial charge in [0.2, 0.25) is 0 Å². The molecule has 2 unspecified atom stereocenters. The third-order valence-electron chi connectivity index (χ3n) is 2.34. The summed E-state index contributed by atoms with van der Waals surface area (Å²) in [7, 11) is 0. The molecule has 1 rings (SSSR count). The van der Waals surface area contributed by atoms with Crippen LogP contribution in [0.15, 0.2) is 24.3 Å². The molecule has 0 saturated heterocycles. The van der Waals surface area contributed by atoms with Crippen molar-refractivity contribution in [1.82, 2.24) is 0 Å². The van der Waals surface area contributed by atoms with Crippen molar-refractivity contribution in [3.63, 3.8) is 0 Å². The molecule has 0 aliphatic carbocycles. The molecule has 1 aromatic rings. The van der Waals surface area contributed by atoms with E-state index >= 15 is 0 Å². The van der Waals surface area contributed by atoms with Gasteiger partial charge < -0.3 is 14.9 Å². The number of Topliss-reactive ketones (excluding diaryl/α,β-unsaturated/α-hetero) is 1. The van der Waals surface area contributed by atoms with E-state index in [9.17, 15) is 9.90 Å². The zero-order valence-electron chi connectivity index (χ0n) is 10.1. The lowest BCUT2D eigenvalue weighted by molar-refractivity contribution is 0.0308. The molecular formula is C13H18O4. The van der Waals surface area contributed by atoms with Gasteiger partial charge in [0, 0.05) is 5.92 Å². The maximum Gasteiger partial charge on any atom is 0.171 e. The van der Waals surface area contributed by atoms with Crippen molar-refractivity contribution in [2.24, 2.45) is 5.92 Å².